The van der Waals surface area contributed by atoms with E-state index in [-0.39, 0.29) is 18.3 Å². The zero-order valence-corrected chi connectivity index (χ0v) is 11.9. The summed E-state index contributed by atoms with van der Waals surface area (Å²) in [6.45, 7) is 4.31. The molecule has 0 saturated carbocycles. The van der Waals surface area contributed by atoms with Gasteiger partial charge < -0.3 is 15.2 Å². The molecule has 0 aliphatic carbocycles. The Kier molecular flexibility index (Phi) is 4.02. The van der Waals surface area contributed by atoms with E-state index in [0.29, 0.717) is 16.3 Å². The van der Waals surface area contributed by atoms with Crippen LogP contribution >= 0.6 is 11.6 Å². The van der Waals surface area contributed by atoms with Crippen molar-refractivity contribution in [2.75, 3.05) is 12.3 Å². The molecule has 1 aliphatic rings. The number of benzene rings is 1. The number of hydrogen-bond acceptors (Lipinski definition) is 4. The molecule has 1 fully saturated rings. The van der Waals surface area contributed by atoms with E-state index in [4.69, 9.17) is 26.8 Å². The van der Waals surface area contributed by atoms with Gasteiger partial charge in [-0.3, -0.25) is 0 Å². The zero-order valence-electron chi connectivity index (χ0n) is 11.1. The average Bonchev–Trinajstić information content (AvgIpc) is 2.69. The monoisotopic (exact) mass is 283 g/mol. The van der Waals surface area contributed by atoms with Crippen molar-refractivity contribution < 1.29 is 14.3 Å². The number of ether oxygens (including phenoxy) is 2. The Balaban J connectivity index is 1.93. The zero-order chi connectivity index (χ0) is 14.0. The summed E-state index contributed by atoms with van der Waals surface area (Å²) in [6.07, 6.45) is 1.82. The molecule has 1 unspecified atom stereocenters. The van der Waals surface area contributed by atoms with E-state index in [0.717, 1.165) is 12.8 Å². The van der Waals surface area contributed by atoms with Crippen molar-refractivity contribution >= 4 is 23.3 Å². The van der Waals surface area contributed by atoms with Crippen LogP contribution in [0.5, 0.6) is 0 Å². The predicted octanol–water partition coefficient (Wildman–Crippen LogP) is 3.04. The van der Waals surface area contributed by atoms with Crippen LogP contribution in [0.4, 0.5) is 5.69 Å². The average molecular weight is 284 g/mol. The number of halogens is 1. The molecule has 4 nitrogen and oxygen atoms in total. The molecule has 0 amide bonds. The van der Waals surface area contributed by atoms with Crippen LogP contribution < -0.4 is 5.73 Å². The molecule has 1 aliphatic heterocycles. The van der Waals surface area contributed by atoms with E-state index in [1.54, 1.807) is 12.1 Å². The minimum Gasteiger partial charge on any atom is -0.459 e. The molecule has 0 spiro atoms. The summed E-state index contributed by atoms with van der Waals surface area (Å²) in [5.41, 5.74) is 6.25. The molecule has 19 heavy (non-hydrogen) atoms. The molecule has 104 valence electrons. The van der Waals surface area contributed by atoms with Crippen molar-refractivity contribution in [1.29, 1.82) is 0 Å². The van der Waals surface area contributed by atoms with Gasteiger partial charge in [-0.05, 0) is 44.9 Å². The summed E-state index contributed by atoms with van der Waals surface area (Å²) >= 11 is 5.84. The van der Waals surface area contributed by atoms with Gasteiger partial charge in [0.15, 0.2) is 0 Å². The normalized spacial score (nSPS) is 21.3. The first kappa shape index (κ1) is 14.2. The summed E-state index contributed by atoms with van der Waals surface area (Å²) in [5, 5.41) is 0.458. The predicted molar refractivity (Wildman–Crippen MR) is 74.3 cm³/mol. The molecule has 1 heterocycles. The van der Waals surface area contributed by atoms with E-state index in [1.807, 2.05) is 13.8 Å². The number of nitrogens with two attached hydrogens (primary N) is 1. The van der Waals surface area contributed by atoms with Crippen LogP contribution in [0, 0.1) is 0 Å². The summed E-state index contributed by atoms with van der Waals surface area (Å²) < 4.78 is 11.0. The van der Waals surface area contributed by atoms with E-state index < -0.39 is 5.97 Å². The molecule has 0 radical (unpaired) electrons. The lowest BCUT2D eigenvalue weighted by molar-refractivity contribution is -0.0444. The van der Waals surface area contributed by atoms with Gasteiger partial charge in [-0.1, -0.05) is 11.6 Å². The maximum absolute atomic E-state index is 11.9. The van der Waals surface area contributed by atoms with Crippen molar-refractivity contribution in [2.24, 2.45) is 0 Å². The Morgan fingerprint density at radius 3 is 2.95 bits per heavy atom. The lowest BCUT2D eigenvalue weighted by Gasteiger charge is -2.19. The summed E-state index contributed by atoms with van der Waals surface area (Å²) in [7, 11) is 0. The Morgan fingerprint density at radius 1 is 1.58 bits per heavy atom. The number of anilines is 1. The second-order valence-corrected chi connectivity index (χ2v) is 5.80. The van der Waals surface area contributed by atoms with E-state index in [9.17, 15) is 4.79 Å². The fourth-order valence-electron chi connectivity index (χ4n) is 2.15. The van der Waals surface area contributed by atoms with Crippen molar-refractivity contribution in [3.63, 3.8) is 0 Å². The Labute approximate surface area is 117 Å². The van der Waals surface area contributed by atoms with Crippen LogP contribution in [0.25, 0.3) is 0 Å². The number of hydrogen-bond donors (Lipinski definition) is 1. The molecule has 5 heteroatoms. The van der Waals surface area contributed by atoms with Crippen molar-refractivity contribution in [2.45, 2.75) is 38.4 Å². The molecular formula is C14H18ClNO3. The number of nitrogen functional groups attached to an aromatic ring is 1. The van der Waals surface area contributed by atoms with Gasteiger partial charge in [0.05, 0.1) is 17.3 Å². The summed E-state index contributed by atoms with van der Waals surface area (Å²) in [4.78, 5) is 11.9. The third-order valence-corrected chi connectivity index (χ3v) is 3.42. The molecule has 2 N–H and O–H groups in total. The van der Waals surface area contributed by atoms with Crippen LogP contribution in [0.2, 0.25) is 5.02 Å². The van der Waals surface area contributed by atoms with Crippen molar-refractivity contribution in [3.8, 4) is 0 Å². The molecule has 0 aromatic heterocycles. The van der Waals surface area contributed by atoms with Crippen molar-refractivity contribution in [3.05, 3.63) is 28.8 Å². The van der Waals surface area contributed by atoms with Gasteiger partial charge in [-0.2, -0.15) is 0 Å². The Bertz CT molecular complexity index is 488. The Morgan fingerprint density at radius 2 is 2.32 bits per heavy atom. The minimum atomic E-state index is -0.465. The van der Waals surface area contributed by atoms with Crippen LogP contribution in [0.3, 0.4) is 0 Å². The first-order valence-corrected chi connectivity index (χ1v) is 6.65. The number of esters is 1. The maximum atomic E-state index is 11.9. The molecule has 1 atom stereocenters. The molecular weight excluding hydrogens is 266 g/mol. The van der Waals surface area contributed by atoms with Gasteiger partial charge in [0.2, 0.25) is 0 Å². The van der Waals surface area contributed by atoms with Gasteiger partial charge >= 0.3 is 5.97 Å². The van der Waals surface area contributed by atoms with Gasteiger partial charge in [0.25, 0.3) is 0 Å². The van der Waals surface area contributed by atoms with E-state index in [1.165, 1.54) is 6.07 Å². The highest BCUT2D eigenvalue weighted by Gasteiger charge is 2.32. The second kappa shape index (κ2) is 5.39. The summed E-state index contributed by atoms with van der Waals surface area (Å²) in [5.74, 6) is -0.465. The first-order valence-electron chi connectivity index (χ1n) is 6.27. The highest BCUT2D eigenvalue weighted by Crippen LogP contribution is 2.29. The summed E-state index contributed by atoms with van der Waals surface area (Å²) in [6, 6.07) is 4.74. The lowest BCUT2D eigenvalue weighted by atomic mass is 10.1. The third kappa shape index (κ3) is 3.61. The third-order valence-electron chi connectivity index (χ3n) is 3.19. The van der Waals surface area contributed by atoms with Crippen molar-refractivity contribution in [1.82, 2.24) is 0 Å². The van der Waals surface area contributed by atoms with Gasteiger partial charge in [0.1, 0.15) is 6.61 Å². The fraction of sp³-hybridized carbons (Fsp3) is 0.500. The second-order valence-electron chi connectivity index (χ2n) is 5.37. The van der Waals surface area contributed by atoms with Crippen LogP contribution in [-0.2, 0) is 9.47 Å². The smallest absolute Gasteiger partial charge is 0.340 e. The molecule has 1 saturated heterocycles. The molecule has 1 aromatic rings. The maximum Gasteiger partial charge on any atom is 0.340 e. The fourth-order valence-corrected chi connectivity index (χ4v) is 2.32. The number of carbonyl (C=O) groups is 1. The molecule has 1 aromatic carbocycles. The SMILES string of the molecule is CC1(C)CCC(COC(=O)c2cc(Cl)ccc2N)O1. The number of carbonyl (C=O) groups excluding carboxylic acids is 1. The van der Waals surface area contributed by atoms with Crippen LogP contribution in [0.1, 0.15) is 37.0 Å². The highest BCUT2D eigenvalue weighted by molar-refractivity contribution is 6.31. The standard InChI is InChI=1S/C14H18ClNO3/c1-14(2)6-5-10(19-14)8-18-13(17)11-7-9(15)3-4-12(11)16/h3-4,7,10H,5-6,8,16H2,1-2H3. The van der Waals surface area contributed by atoms with Gasteiger partial charge in [-0.25, -0.2) is 4.79 Å². The lowest BCUT2D eigenvalue weighted by Crippen LogP contribution is -2.24. The van der Waals surface area contributed by atoms with Gasteiger partial charge in [0, 0.05) is 10.7 Å². The molecule has 0 bridgehead atoms. The first-order chi connectivity index (χ1) is 8.87. The van der Waals surface area contributed by atoms with Gasteiger partial charge in [-0.15, -0.1) is 0 Å². The molecule has 2 rings (SSSR count). The van der Waals surface area contributed by atoms with Crippen LogP contribution in [0.15, 0.2) is 18.2 Å². The van der Waals surface area contributed by atoms with Crippen LogP contribution in [-0.4, -0.2) is 24.3 Å². The Hall–Kier alpha value is -1.26. The largest absolute Gasteiger partial charge is 0.459 e. The quantitative estimate of drug-likeness (QED) is 0.684. The van der Waals surface area contributed by atoms with E-state index in [2.05, 4.69) is 0 Å². The highest BCUT2D eigenvalue weighted by atomic mass is 35.5. The number of rotatable bonds is 3. The minimum absolute atomic E-state index is 0.0423. The topological polar surface area (TPSA) is 61.5 Å². The van der Waals surface area contributed by atoms with E-state index >= 15 is 0 Å².